The minimum atomic E-state index is -0.237. The van der Waals surface area contributed by atoms with Crippen LogP contribution in [0.3, 0.4) is 0 Å². The molecule has 148 valence electrons. The van der Waals surface area contributed by atoms with E-state index in [0.717, 1.165) is 47.8 Å². The summed E-state index contributed by atoms with van der Waals surface area (Å²) in [6.45, 7) is 3.67. The summed E-state index contributed by atoms with van der Waals surface area (Å²) in [6.07, 6.45) is 1.01. The molecule has 2 aromatic carbocycles. The van der Waals surface area contributed by atoms with Gasteiger partial charge in [0.2, 0.25) is 5.95 Å². The van der Waals surface area contributed by atoms with Crippen LogP contribution in [0.15, 0.2) is 60.7 Å². The van der Waals surface area contributed by atoms with Gasteiger partial charge in [-0.15, -0.1) is 12.4 Å². The Morgan fingerprint density at radius 3 is 2.69 bits per heavy atom. The summed E-state index contributed by atoms with van der Waals surface area (Å²) < 4.78 is 13.4. The zero-order valence-corrected chi connectivity index (χ0v) is 16.9. The first-order valence-corrected chi connectivity index (χ1v) is 9.51. The molecule has 0 bridgehead atoms. The third kappa shape index (κ3) is 3.66. The largest absolute Gasteiger partial charge is 0.351 e. The third-order valence-corrected chi connectivity index (χ3v) is 5.40. The van der Waals surface area contributed by atoms with Crippen LogP contribution in [-0.4, -0.2) is 16.5 Å². The van der Waals surface area contributed by atoms with E-state index in [1.165, 1.54) is 23.3 Å². The average molecular weight is 409 g/mol. The molecule has 6 heteroatoms. The van der Waals surface area contributed by atoms with Crippen molar-refractivity contribution < 1.29 is 4.39 Å². The second-order valence-electron chi connectivity index (χ2n) is 7.29. The fourth-order valence-electron chi connectivity index (χ4n) is 3.92. The first-order valence-electron chi connectivity index (χ1n) is 9.51. The van der Waals surface area contributed by atoms with Crippen LogP contribution in [0.2, 0.25) is 0 Å². The molecule has 5 rings (SSSR count). The monoisotopic (exact) mass is 408 g/mol. The summed E-state index contributed by atoms with van der Waals surface area (Å²) in [6, 6.07) is 19.5. The van der Waals surface area contributed by atoms with Gasteiger partial charge in [0, 0.05) is 24.3 Å². The molecule has 2 heterocycles. The van der Waals surface area contributed by atoms with Crippen LogP contribution in [0.4, 0.5) is 21.8 Å². The summed E-state index contributed by atoms with van der Waals surface area (Å²) in [4.78, 5) is 10.6. The van der Waals surface area contributed by atoms with Crippen LogP contribution in [0.25, 0.3) is 11.3 Å². The Labute approximate surface area is 175 Å². The molecule has 0 atom stereocenters. The number of rotatable bonds is 3. The van der Waals surface area contributed by atoms with Crippen molar-refractivity contribution in [3.05, 3.63) is 83.2 Å². The number of aryl methyl sites for hydroxylation is 1. The molecule has 29 heavy (non-hydrogen) atoms. The highest BCUT2D eigenvalue weighted by Gasteiger charge is 2.22. The van der Waals surface area contributed by atoms with Gasteiger partial charge in [-0.05, 0) is 60.4 Å². The number of benzene rings is 2. The van der Waals surface area contributed by atoms with Crippen molar-refractivity contribution in [1.82, 2.24) is 9.97 Å². The van der Waals surface area contributed by atoms with E-state index in [4.69, 9.17) is 4.98 Å². The molecule has 0 unspecified atom stereocenters. The Morgan fingerprint density at radius 1 is 1.03 bits per heavy atom. The van der Waals surface area contributed by atoms with Gasteiger partial charge in [-0.1, -0.05) is 30.3 Å². The van der Waals surface area contributed by atoms with E-state index in [1.54, 1.807) is 6.07 Å². The highest BCUT2D eigenvalue weighted by Crippen LogP contribution is 2.35. The highest BCUT2D eigenvalue weighted by atomic mass is 35.5. The summed E-state index contributed by atoms with van der Waals surface area (Å²) >= 11 is 0. The van der Waals surface area contributed by atoms with Gasteiger partial charge in [-0.3, -0.25) is 0 Å². The molecule has 4 nitrogen and oxygen atoms in total. The number of hydrogen-bond acceptors (Lipinski definition) is 3. The van der Waals surface area contributed by atoms with Crippen molar-refractivity contribution in [3.8, 4) is 11.3 Å². The van der Waals surface area contributed by atoms with Crippen molar-refractivity contribution in [1.29, 1.82) is 0 Å². The molecule has 1 aliphatic carbocycles. The minimum Gasteiger partial charge on any atom is -0.351 e. The van der Waals surface area contributed by atoms with E-state index in [1.807, 2.05) is 13.0 Å². The maximum Gasteiger partial charge on any atom is 0.207 e. The number of H-pyrrole nitrogens is 1. The van der Waals surface area contributed by atoms with Crippen LogP contribution in [-0.2, 0) is 13.0 Å². The molecule has 3 aliphatic rings. The number of hydrogen-bond donors (Lipinski definition) is 2. The van der Waals surface area contributed by atoms with E-state index in [2.05, 4.69) is 51.6 Å². The Balaban J connectivity index is 0.00000205. The SMILES string of the molecule is Cc1cc(F)ccc1Nc1nc(N2CCc3ccccc3C2)c2cccc-2[nH]1.Cl. The van der Waals surface area contributed by atoms with Gasteiger partial charge in [-0.2, -0.15) is 4.98 Å². The van der Waals surface area contributed by atoms with E-state index < -0.39 is 0 Å². The molecule has 0 saturated carbocycles. The third-order valence-electron chi connectivity index (χ3n) is 5.40. The van der Waals surface area contributed by atoms with Gasteiger partial charge in [0.05, 0.1) is 5.69 Å². The fraction of sp³-hybridized carbons (Fsp3) is 0.174. The van der Waals surface area contributed by atoms with Gasteiger partial charge in [0.25, 0.3) is 0 Å². The quantitative estimate of drug-likeness (QED) is 0.457. The van der Waals surface area contributed by atoms with Crippen LogP contribution in [0.5, 0.6) is 0 Å². The molecule has 0 saturated heterocycles. The number of halogens is 2. The van der Waals surface area contributed by atoms with Crippen molar-refractivity contribution in [2.45, 2.75) is 19.9 Å². The Morgan fingerprint density at radius 2 is 1.86 bits per heavy atom. The molecule has 0 fully saturated rings. The smallest absolute Gasteiger partial charge is 0.207 e. The molecule has 0 aromatic heterocycles. The summed E-state index contributed by atoms with van der Waals surface area (Å²) in [5.74, 6) is 1.39. The van der Waals surface area contributed by atoms with Crippen molar-refractivity contribution in [2.75, 3.05) is 16.8 Å². The maximum absolute atomic E-state index is 13.4. The lowest BCUT2D eigenvalue weighted by molar-refractivity contribution is 0.627. The Kier molecular flexibility index (Phi) is 5.16. The molecule has 2 aromatic rings. The van der Waals surface area contributed by atoms with E-state index >= 15 is 0 Å². The van der Waals surface area contributed by atoms with Crippen LogP contribution < -0.4 is 10.2 Å². The standard InChI is InChI=1S/C23H21FN4.ClH/c1-15-13-18(24)9-10-20(15)25-23-26-21-8-4-7-19(21)22(27-23)28-12-11-16-5-2-3-6-17(16)14-28;/h2-10,13H,11-12,14H2,1H3,(H2,25,26,27);1H. The molecule has 2 N–H and O–H groups in total. The second-order valence-corrected chi connectivity index (χ2v) is 7.29. The zero-order chi connectivity index (χ0) is 19.1. The number of nitrogens with zero attached hydrogens (tertiary/aromatic N) is 2. The first kappa shape index (κ1) is 19.3. The lowest BCUT2D eigenvalue weighted by Gasteiger charge is -2.31. The number of aromatic nitrogens is 2. The predicted octanol–water partition coefficient (Wildman–Crippen LogP) is 5.69. The number of anilines is 3. The van der Waals surface area contributed by atoms with Gasteiger partial charge in [0.15, 0.2) is 0 Å². The summed E-state index contributed by atoms with van der Waals surface area (Å²) in [7, 11) is 0. The second kappa shape index (κ2) is 7.76. The topological polar surface area (TPSA) is 44.0 Å². The maximum atomic E-state index is 13.4. The lowest BCUT2D eigenvalue weighted by atomic mass is 9.99. The molecular weight excluding hydrogens is 387 g/mol. The summed E-state index contributed by atoms with van der Waals surface area (Å²) in [5, 5.41) is 3.32. The van der Waals surface area contributed by atoms with E-state index in [0.29, 0.717) is 5.95 Å². The number of fused-ring (bicyclic) bond motifs is 2. The van der Waals surface area contributed by atoms with Crippen molar-refractivity contribution in [3.63, 3.8) is 0 Å². The summed E-state index contributed by atoms with van der Waals surface area (Å²) in [5.41, 5.74) is 6.59. The molecule has 0 radical (unpaired) electrons. The van der Waals surface area contributed by atoms with E-state index in [9.17, 15) is 4.39 Å². The first-order chi connectivity index (χ1) is 13.7. The van der Waals surface area contributed by atoms with E-state index in [-0.39, 0.29) is 18.2 Å². The minimum absolute atomic E-state index is 0. The molecular formula is C23H22ClFN4. The van der Waals surface area contributed by atoms with Gasteiger partial charge in [-0.25, -0.2) is 4.39 Å². The van der Waals surface area contributed by atoms with Crippen LogP contribution in [0.1, 0.15) is 16.7 Å². The van der Waals surface area contributed by atoms with Crippen molar-refractivity contribution in [2.24, 2.45) is 0 Å². The molecule has 0 spiro atoms. The van der Waals surface area contributed by atoms with Gasteiger partial charge in [0.1, 0.15) is 11.6 Å². The van der Waals surface area contributed by atoms with Crippen LogP contribution >= 0.6 is 12.4 Å². The normalized spacial score (nSPS) is 13.1. The molecule has 0 amide bonds. The Hall–Kier alpha value is -3.05. The van der Waals surface area contributed by atoms with Gasteiger partial charge < -0.3 is 15.2 Å². The zero-order valence-electron chi connectivity index (χ0n) is 16.1. The lowest BCUT2D eigenvalue weighted by Crippen LogP contribution is -2.31. The Bertz CT molecular complexity index is 1120. The van der Waals surface area contributed by atoms with Crippen molar-refractivity contribution >= 4 is 29.9 Å². The average Bonchev–Trinajstić information content (AvgIpc) is 3.18. The number of aromatic amines is 1. The van der Waals surface area contributed by atoms with Gasteiger partial charge >= 0.3 is 0 Å². The van der Waals surface area contributed by atoms with Crippen LogP contribution in [0, 0.1) is 12.7 Å². The fourth-order valence-corrected chi connectivity index (χ4v) is 3.92. The number of nitrogens with one attached hydrogen (secondary N) is 2. The predicted molar refractivity (Wildman–Crippen MR) is 118 cm³/mol. The highest BCUT2D eigenvalue weighted by molar-refractivity contribution is 5.85. The molecule has 2 aliphatic heterocycles.